The molecule has 1 aliphatic rings. The Hall–Kier alpha value is -1.32. The molecule has 0 amide bonds. The van der Waals surface area contributed by atoms with Crippen LogP contribution in [-0.4, -0.2) is 16.2 Å². The summed E-state index contributed by atoms with van der Waals surface area (Å²) in [6, 6.07) is 9.17. The fourth-order valence-electron chi connectivity index (χ4n) is 2.73. The van der Waals surface area contributed by atoms with Crippen molar-refractivity contribution in [2.24, 2.45) is 0 Å². The van der Waals surface area contributed by atoms with Crippen LogP contribution in [0.4, 0.5) is 0 Å². The van der Waals surface area contributed by atoms with Crippen LogP contribution in [0.5, 0.6) is 0 Å². The molecular formula is C15H18ClN3. The minimum atomic E-state index is 0.351. The molecule has 0 spiro atoms. The summed E-state index contributed by atoms with van der Waals surface area (Å²) >= 11 is 6.03. The van der Waals surface area contributed by atoms with Gasteiger partial charge in [-0.2, -0.15) is 5.10 Å². The quantitative estimate of drug-likeness (QED) is 0.894. The maximum atomic E-state index is 6.03. The maximum absolute atomic E-state index is 6.03. The van der Waals surface area contributed by atoms with Crippen LogP contribution in [0, 0.1) is 0 Å². The van der Waals surface area contributed by atoms with Gasteiger partial charge in [-0.15, -0.1) is 0 Å². The van der Waals surface area contributed by atoms with Gasteiger partial charge in [0.05, 0.1) is 6.20 Å². The van der Waals surface area contributed by atoms with E-state index in [1.807, 2.05) is 24.5 Å². The number of nitrogens with zero attached hydrogens (tertiary/aromatic N) is 1. The highest BCUT2D eigenvalue weighted by atomic mass is 35.5. The molecule has 3 rings (SSSR count). The van der Waals surface area contributed by atoms with Crippen molar-refractivity contribution < 1.29 is 0 Å². The first-order valence-electron chi connectivity index (χ1n) is 6.72. The Kier molecular flexibility index (Phi) is 3.58. The summed E-state index contributed by atoms with van der Waals surface area (Å²) in [6.07, 6.45) is 6.20. The van der Waals surface area contributed by atoms with Crippen LogP contribution in [0.25, 0.3) is 0 Å². The molecule has 1 heterocycles. The molecule has 1 saturated carbocycles. The molecule has 4 heteroatoms. The van der Waals surface area contributed by atoms with Gasteiger partial charge >= 0.3 is 0 Å². The molecule has 100 valence electrons. The predicted molar refractivity (Wildman–Crippen MR) is 77.4 cm³/mol. The molecule has 0 aliphatic heterocycles. The predicted octanol–water partition coefficient (Wildman–Crippen LogP) is 3.66. The highest BCUT2D eigenvalue weighted by Gasteiger charge is 2.31. The largest absolute Gasteiger partial charge is 0.307 e. The van der Waals surface area contributed by atoms with Gasteiger partial charge in [0.2, 0.25) is 0 Å². The molecule has 1 aromatic carbocycles. The minimum absolute atomic E-state index is 0.351. The van der Waals surface area contributed by atoms with Crippen molar-refractivity contribution in [1.82, 2.24) is 15.5 Å². The van der Waals surface area contributed by atoms with Gasteiger partial charge in [0.25, 0.3) is 0 Å². The number of aromatic amines is 1. The fourth-order valence-corrected chi connectivity index (χ4v) is 2.93. The Morgan fingerprint density at radius 3 is 2.95 bits per heavy atom. The zero-order valence-corrected chi connectivity index (χ0v) is 11.7. The van der Waals surface area contributed by atoms with E-state index in [1.54, 1.807) is 0 Å². The van der Waals surface area contributed by atoms with E-state index in [0.29, 0.717) is 18.0 Å². The van der Waals surface area contributed by atoms with Crippen LogP contribution < -0.4 is 5.32 Å². The van der Waals surface area contributed by atoms with Gasteiger partial charge in [0, 0.05) is 28.9 Å². The first-order chi connectivity index (χ1) is 9.22. The molecule has 1 fully saturated rings. The zero-order valence-electron chi connectivity index (χ0n) is 10.9. The number of hydrogen-bond acceptors (Lipinski definition) is 2. The van der Waals surface area contributed by atoms with E-state index < -0.39 is 0 Å². The molecule has 1 atom stereocenters. The highest BCUT2D eigenvalue weighted by molar-refractivity contribution is 6.30. The molecule has 1 aliphatic carbocycles. The van der Waals surface area contributed by atoms with Gasteiger partial charge in [-0.05, 0) is 43.4 Å². The number of nitrogens with one attached hydrogen (secondary N) is 2. The molecule has 0 bridgehead atoms. The van der Waals surface area contributed by atoms with Gasteiger partial charge < -0.3 is 5.32 Å². The average molecular weight is 276 g/mol. The fraction of sp³-hybridized carbons (Fsp3) is 0.400. The van der Waals surface area contributed by atoms with Gasteiger partial charge in [-0.3, -0.25) is 5.10 Å². The number of H-pyrrole nitrogens is 1. The maximum Gasteiger partial charge on any atom is 0.0534 e. The van der Waals surface area contributed by atoms with Gasteiger partial charge in [-0.25, -0.2) is 0 Å². The highest BCUT2D eigenvalue weighted by Crippen LogP contribution is 2.38. The van der Waals surface area contributed by atoms with E-state index in [9.17, 15) is 0 Å². The standard InChI is InChI=1S/C15H18ClN3/c1-10(13-8-17-18-9-13)19-15-6-12(7-15)11-3-2-4-14(16)5-11/h2-5,8-10,12,15,19H,6-7H2,1H3,(H,17,18). The lowest BCUT2D eigenvalue weighted by Crippen LogP contribution is -2.41. The van der Waals surface area contributed by atoms with E-state index in [2.05, 4.69) is 34.6 Å². The van der Waals surface area contributed by atoms with E-state index in [1.165, 1.54) is 24.0 Å². The molecule has 19 heavy (non-hydrogen) atoms. The van der Waals surface area contributed by atoms with Crippen LogP contribution in [0.2, 0.25) is 5.02 Å². The van der Waals surface area contributed by atoms with E-state index >= 15 is 0 Å². The summed E-state index contributed by atoms with van der Waals surface area (Å²) < 4.78 is 0. The monoisotopic (exact) mass is 275 g/mol. The molecular weight excluding hydrogens is 258 g/mol. The summed E-state index contributed by atoms with van der Waals surface area (Å²) in [5.41, 5.74) is 2.58. The summed E-state index contributed by atoms with van der Waals surface area (Å²) in [5.74, 6) is 0.646. The molecule has 1 unspecified atom stereocenters. The number of hydrogen-bond donors (Lipinski definition) is 2. The number of aromatic nitrogens is 2. The van der Waals surface area contributed by atoms with Gasteiger partial charge in [-0.1, -0.05) is 23.7 Å². The Morgan fingerprint density at radius 1 is 1.42 bits per heavy atom. The third-order valence-electron chi connectivity index (χ3n) is 3.96. The first kappa shape index (κ1) is 12.7. The second kappa shape index (κ2) is 5.35. The Bertz CT molecular complexity index is 532. The number of benzene rings is 1. The van der Waals surface area contributed by atoms with Crippen molar-refractivity contribution in [1.29, 1.82) is 0 Å². The van der Waals surface area contributed by atoms with Crippen molar-refractivity contribution in [3.63, 3.8) is 0 Å². The number of halogens is 1. The van der Waals surface area contributed by atoms with Crippen molar-refractivity contribution in [2.45, 2.75) is 37.8 Å². The second-order valence-corrected chi connectivity index (χ2v) is 5.78. The lowest BCUT2D eigenvalue weighted by atomic mass is 9.75. The molecule has 2 aromatic rings. The van der Waals surface area contributed by atoms with Crippen LogP contribution in [-0.2, 0) is 0 Å². The summed E-state index contributed by atoms with van der Waals surface area (Å²) in [6.45, 7) is 2.18. The van der Waals surface area contributed by atoms with E-state index in [-0.39, 0.29) is 0 Å². The molecule has 0 radical (unpaired) electrons. The minimum Gasteiger partial charge on any atom is -0.307 e. The van der Waals surface area contributed by atoms with Crippen molar-refractivity contribution in [3.05, 3.63) is 52.8 Å². The average Bonchev–Trinajstić information content (AvgIpc) is 2.86. The molecule has 2 N–H and O–H groups in total. The smallest absolute Gasteiger partial charge is 0.0534 e. The molecule has 0 saturated heterocycles. The van der Waals surface area contributed by atoms with Crippen LogP contribution in [0.15, 0.2) is 36.7 Å². The van der Waals surface area contributed by atoms with Crippen molar-refractivity contribution in [2.75, 3.05) is 0 Å². The van der Waals surface area contributed by atoms with Gasteiger partial charge in [0.15, 0.2) is 0 Å². The van der Waals surface area contributed by atoms with Crippen molar-refractivity contribution >= 4 is 11.6 Å². The summed E-state index contributed by atoms with van der Waals surface area (Å²) in [7, 11) is 0. The van der Waals surface area contributed by atoms with Gasteiger partial charge in [0.1, 0.15) is 0 Å². The molecule has 3 nitrogen and oxygen atoms in total. The Balaban J connectivity index is 1.53. The normalized spacial score (nSPS) is 23.9. The first-order valence-corrected chi connectivity index (χ1v) is 7.10. The Labute approximate surface area is 118 Å². The second-order valence-electron chi connectivity index (χ2n) is 5.34. The topological polar surface area (TPSA) is 40.7 Å². The Morgan fingerprint density at radius 2 is 2.26 bits per heavy atom. The SMILES string of the molecule is CC(NC1CC(c2cccc(Cl)c2)C1)c1cn[nH]c1. The number of rotatable bonds is 4. The lowest BCUT2D eigenvalue weighted by molar-refractivity contribution is 0.271. The van der Waals surface area contributed by atoms with E-state index in [0.717, 1.165) is 5.02 Å². The third kappa shape index (κ3) is 2.82. The van der Waals surface area contributed by atoms with Crippen LogP contribution in [0.3, 0.4) is 0 Å². The summed E-state index contributed by atoms with van der Waals surface area (Å²) in [5, 5.41) is 11.3. The zero-order chi connectivity index (χ0) is 13.2. The van der Waals surface area contributed by atoms with Crippen LogP contribution in [0.1, 0.15) is 42.9 Å². The van der Waals surface area contributed by atoms with Crippen molar-refractivity contribution in [3.8, 4) is 0 Å². The van der Waals surface area contributed by atoms with E-state index in [4.69, 9.17) is 11.6 Å². The molecule has 1 aromatic heterocycles. The lowest BCUT2D eigenvalue weighted by Gasteiger charge is -2.38. The summed E-state index contributed by atoms with van der Waals surface area (Å²) in [4.78, 5) is 0. The van der Waals surface area contributed by atoms with Crippen LogP contribution >= 0.6 is 11.6 Å². The third-order valence-corrected chi connectivity index (χ3v) is 4.20.